The van der Waals surface area contributed by atoms with Crippen LogP contribution in [0.4, 0.5) is 11.9 Å². The minimum Gasteiger partial charge on any atom is -0.368 e. The molecule has 0 bridgehead atoms. The summed E-state index contributed by atoms with van der Waals surface area (Å²) in [6.45, 7) is 4.39. The molecule has 1 aromatic heterocycles. The summed E-state index contributed by atoms with van der Waals surface area (Å²) in [6, 6.07) is 0.463. The fourth-order valence-corrected chi connectivity index (χ4v) is 1.61. The second kappa shape index (κ2) is 6.27. The van der Waals surface area contributed by atoms with Crippen molar-refractivity contribution in [2.45, 2.75) is 52.0 Å². The fourth-order valence-electron chi connectivity index (χ4n) is 1.61. The number of rotatable bonds is 7. The molecule has 4 N–H and O–H groups in total. The summed E-state index contributed by atoms with van der Waals surface area (Å²) in [5.41, 5.74) is 5.46. The van der Waals surface area contributed by atoms with E-state index in [1.165, 1.54) is 25.7 Å². The zero-order chi connectivity index (χ0) is 11.1. The van der Waals surface area contributed by atoms with E-state index in [9.17, 15) is 0 Å². The predicted molar refractivity (Wildman–Crippen MR) is 62.6 cm³/mol. The Bertz CT molecular complexity index is 271. The van der Waals surface area contributed by atoms with Crippen molar-refractivity contribution in [1.82, 2.24) is 15.2 Å². The third-order valence-corrected chi connectivity index (χ3v) is 2.38. The van der Waals surface area contributed by atoms with E-state index in [1.807, 2.05) is 0 Å². The van der Waals surface area contributed by atoms with Crippen molar-refractivity contribution >= 4 is 11.9 Å². The van der Waals surface area contributed by atoms with Crippen LogP contribution in [0.1, 0.15) is 46.0 Å². The normalized spacial score (nSPS) is 12.7. The molecule has 5 heteroatoms. The van der Waals surface area contributed by atoms with Crippen LogP contribution in [0.25, 0.3) is 0 Å². The summed E-state index contributed by atoms with van der Waals surface area (Å²) >= 11 is 0. The molecule has 1 heterocycles. The summed E-state index contributed by atoms with van der Waals surface area (Å²) < 4.78 is 0. The quantitative estimate of drug-likeness (QED) is 0.645. The lowest BCUT2D eigenvalue weighted by molar-refractivity contribution is 0.561. The van der Waals surface area contributed by atoms with Gasteiger partial charge in [0.05, 0.1) is 0 Å². The maximum absolute atomic E-state index is 5.46. The van der Waals surface area contributed by atoms with Crippen molar-refractivity contribution in [1.29, 1.82) is 0 Å². The van der Waals surface area contributed by atoms with Gasteiger partial charge in [0, 0.05) is 6.04 Å². The molecule has 0 aromatic carbocycles. The number of H-pyrrole nitrogens is 1. The molecule has 0 aliphatic carbocycles. The Kier molecular flexibility index (Phi) is 4.93. The molecule has 86 valence electrons. The molecule has 0 fully saturated rings. The molecule has 1 aromatic rings. The monoisotopic (exact) mass is 211 g/mol. The number of hydrogen-bond acceptors (Lipinski definition) is 4. The lowest BCUT2D eigenvalue weighted by Crippen LogP contribution is -2.20. The average Bonchev–Trinajstić information content (AvgIpc) is 2.61. The van der Waals surface area contributed by atoms with E-state index >= 15 is 0 Å². The molecular weight excluding hydrogens is 190 g/mol. The van der Waals surface area contributed by atoms with Gasteiger partial charge in [0.2, 0.25) is 11.9 Å². The lowest BCUT2D eigenvalue weighted by Gasteiger charge is -2.16. The molecule has 0 spiro atoms. The largest absolute Gasteiger partial charge is 0.368 e. The third-order valence-electron chi connectivity index (χ3n) is 2.38. The van der Waals surface area contributed by atoms with Gasteiger partial charge in [0.1, 0.15) is 0 Å². The van der Waals surface area contributed by atoms with Crippen molar-refractivity contribution in [2.75, 3.05) is 11.1 Å². The maximum Gasteiger partial charge on any atom is 0.243 e. The Morgan fingerprint density at radius 1 is 1.33 bits per heavy atom. The van der Waals surface area contributed by atoms with Crippen molar-refractivity contribution in [3.63, 3.8) is 0 Å². The van der Waals surface area contributed by atoms with Crippen LogP contribution >= 0.6 is 0 Å². The van der Waals surface area contributed by atoms with Gasteiger partial charge in [-0.1, -0.05) is 33.1 Å². The molecule has 0 radical (unpaired) electrons. The molecule has 5 nitrogen and oxygen atoms in total. The van der Waals surface area contributed by atoms with Crippen LogP contribution < -0.4 is 11.1 Å². The van der Waals surface area contributed by atoms with E-state index in [-0.39, 0.29) is 0 Å². The summed E-state index contributed by atoms with van der Waals surface area (Å²) in [7, 11) is 0. The first-order valence-electron chi connectivity index (χ1n) is 5.70. The number of anilines is 2. The Hall–Kier alpha value is -1.26. The first-order chi connectivity index (χ1) is 7.26. The van der Waals surface area contributed by atoms with E-state index in [0.29, 0.717) is 17.9 Å². The Morgan fingerprint density at radius 3 is 2.67 bits per heavy atom. The van der Waals surface area contributed by atoms with E-state index in [2.05, 4.69) is 34.3 Å². The first kappa shape index (κ1) is 11.8. The highest BCUT2D eigenvalue weighted by molar-refractivity contribution is 5.30. The Morgan fingerprint density at radius 2 is 2.13 bits per heavy atom. The zero-order valence-electron chi connectivity index (χ0n) is 9.58. The highest BCUT2D eigenvalue weighted by Gasteiger charge is 2.09. The maximum atomic E-state index is 5.46. The standard InChI is InChI=1S/C10H21N5/c1-3-5-7-8(6-4-2)12-10-13-9(11)14-15-10/h8H,3-7H2,1-2H3,(H4,11,12,13,14,15). The topological polar surface area (TPSA) is 79.6 Å². The summed E-state index contributed by atoms with van der Waals surface area (Å²) in [4.78, 5) is 4.04. The summed E-state index contributed by atoms with van der Waals surface area (Å²) in [5.74, 6) is 0.977. The Labute approximate surface area is 90.9 Å². The SMILES string of the molecule is CCCCC(CCC)Nc1n[nH]c(N)n1. The third kappa shape index (κ3) is 4.18. The number of aromatic nitrogens is 3. The number of nitrogens with one attached hydrogen (secondary N) is 2. The fraction of sp³-hybridized carbons (Fsp3) is 0.800. The minimum absolute atomic E-state index is 0.364. The van der Waals surface area contributed by atoms with Crippen LogP contribution in [-0.2, 0) is 0 Å². The number of nitrogens with two attached hydrogens (primary N) is 1. The molecule has 0 amide bonds. The number of nitrogen functional groups attached to an aromatic ring is 1. The van der Waals surface area contributed by atoms with Gasteiger partial charge in [-0.2, -0.15) is 4.98 Å². The van der Waals surface area contributed by atoms with Crippen LogP contribution in [0.3, 0.4) is 0 Å². The first-order valence-corrected chi connectivity index (χ1v) is 5.70. The van der Waals surface area contributed by atoms with Crippen LogP contribution in [0.15, 0.2) is 0 Å². The molecule has 1 atom stereocenters. The molecule has 15 heavy (non-hydrogen) atoms. The van der Waals surface area contributed by atoms with E-state index < -0.39 is 0 Å². The number of nitrogens with zero attached hydrogens (tertiary/aromatic N) is 2. The van der Waals surface area contributed by atoms with Crippen LogP contribution in [-0.4, -0.2) is 21.2 Å². The lowest BCUT2D eigenvalue weighted by atomic mass is 10.1. The zero-order valence-corrected chi connectivity index (χ0v) is 9.58. The highest BCUT2D eigenvalue weighted by Crippen LogP contribution is 2.12. The number of aromatic amines is 1. The van der Waals surface area contributed by atoms with E-state index in [0.717, 1.165) is 6.42 Å². The molecular formula is C10H21N5. The van der Waals surface area contributed by atoms with Gasteiger partial charge in [0.25, 0.3) is 0 Å². The molecule has 0 aliphatic rings. The molecule has 0 saturated carbocycles. The van der Waals surface area contributed by atoms with Crippen molar-refractivity contribution in [2.24, 2.45) is 0 Å². The number of unbranched alkanes of at least 4 members (excludes halogenated alkanes) is 1. The second-order valence-electron chi connectivity index (χ2n) is 3.82. The van der Waals surface area contributed by atoms with Gasteiger partial charge < -0.3 is 11.1 Å². The predicted octanol–water partition coefficient (Wildman–Crippen LogP) is 2.16. The van der Waals surface area contributed by atoms with Crippen molar-refractivity contribution in [3.05, 3.63) is 0 Å². The highest BCUT2D eigenvalue weighted by atomic mass is 15.3. The van der Waals surface area contributed by atoms with E-state index in [1.54, 1.807) is 0 Å². The molecule has 1 unspecified atom stereocenters. The van der Waals surface area contributed by atoms with E-state index in [4.69, 9.17) is 5.73 Å². The summed E-state index contributed by atoms with van der Waals surface area (Å²) in [6.07, 6.45) is 5.93. The number of hydrogen-bond donors (Lipinski definition) is 3. The molecule has 0 saturated heterocycles. The van der Waals surface area contributed by atoms with Gasteiger partial charge in [-0.3, -0.25) is 0 Å². The average molecular weight is 211 g/mol. The molecule has 0 aliphatic heterocycles. The van der Waals surface area contributed by atoms with Crippen LogP contribution in [0.5, 0.6) is 0 Å². The van der Waals surface area contributed by atoms with Gasteiger partial charge in [0.15, 0.2) is 0 Å². The van der Waals surface area contributed by atoms with Gasteiger partial charge in [-0.15, -0.1) is 5.10 Å². The van der Waals surface area contributed by atoms with Crippen LogP contribution in [0, 0.1) is 0 Å². The van der Waals surface area contributed by atoms with Crippen molar-refractivity contribution in [3.8, 4) is 0 Å². The molecule has 1 rings (SSSR count). The Balaban J connectivity index is 2.42. The van der Waals surface area contributed by atoms with Gasteiger partial charge in [-0.25, -0.2) is 5.10 Å². The minimum atomic E-state index is 0.364. The smallest absolute Gasteiger partial charge is 0.243 e. The summed E-state index contributed by atoms with van der Waals surface area (Å²) in [5, 5.41) is 9.90. The van der Waals surface area contributed by atoms with Gasteiger partial charge in [-0.05, 0) is 12.8 Å². The van der Waals surface area contributed by atoms with Crippen LogP contribution in [0.2, 0.25) is 0 Å². The second-order valence-corrected chi connectivity index (χ2v) is 3.82. The van der Waals surface area contributed by atoms with Gasteiger partial charge >= 0.3 is 0 Å². The van der Waals surface area contributed by atoms with Crippen molar-refractivity contribution < 1.29 is 0 Å².